The lowest BCUT2D eigenvalue weighted by Gasteiger charge is -2.27. The first-order chi connectivity index (χ1) is 9.48. The van der Waals surface area contributed by atoms with Crippen molar-refractivity contribution in [3.63, 3.8) is 0 Å². The minimum absolute atomic E-state index is 0.691. The second-order valence-corrected chi connectivity index (χ2v) is 6.61. The summed E-state index contributed by atoms with van der Waals surface area (Å²) in [4.78, 5) is 13.6. The molecule has 0 aliphatic heterocycles. The van der Waals surface area contributed by atoms with Crippen molar-refractivity contribution in [3.8, 4) is 0 Å². The summed E-state index contributed by atoms with van der Waals surface area (Å²) in [6.07, 6.45) is 9.72. The Kier molecular flexibility index (Phi) is 7.52. The van der Waals surface area contributed by atoms with Gasteiger partial charge in [-0.2, -0.15) is 0 Å². The van der Waals surface area contributed by atoms with Crippen molar-refractivity contribution in [2.75, 3.05) is 27.2 Å². The maximum Gasteiger partial charge on any atom is 0.323 e. The minimum Gasteiger partial charge on any atom is -0.480 e. The molecule has 0 heterocycles. The van der Waals surface area contributed by atoms with Crippen LogP contribution in [-0.2, 0) is 4.79 Å². The molecule has 0 amide bonds. The van der Waals surface area contributed by atoms with Gasteiger partial charge in [0.05, 0.1) is 0 Å². The first-order valence-corrected chi connectivity index (χ1v) is 8.09. The van der Waals surface area contributed by atoms with E-state index in [9.17, 15) is 9.90 Å². The van der Waals surface area contributed by atoms with Gasteiger partial charge in [0.2, 0.25) is 0 Å². The van der Waals surface area contributed by atoms with Gasteiger partial charge in [-0.15, -0.1) is 0 Å². The number of carboxylic acid groups (broad SMARTS) is 1. The fourth-order valence-electron chi connectivity index (χ4n) is 3.10. The van der Waals surface area contributed by atoms with Crippen LogP contribution in [0.5, 0.6) is 0 Å². The summed E-state index contributed by atoms with van der Waals surface area (Å²) in [6.45, 7) is 4.05. The van der Waals surface area contributed by atoms with Gasteiger partial charge in [0.1, 0.15) is 5.54 Å². The van der Waals surface area contributed by atoms with E-state index >= 15 is 0 Å². The molecule has 2 N–H and O–H groups in total. The van der Waals surface area contributed by atoms with E-state index in [-0.39, 0.29) is 0 Å². The van der Waals surface area contributed by atoms with Gasteiger partial charge in [-0.25, -0.2) is 0 Å². The molecule has 0 bridgehead atoms. The summed E-state index contributed by atoms with van der Waals surface area (Å²) in [6, 6.07) is 0. The van der Waals surface area contributed by atoms with Gasteiger partial charge < -0.3 is 15.3 Å². The number of nitrogens with one attached hydrogen (secondary N) is 1. The van der Waals surface area contributed by atoms with E-state index in [4.69, 9.17) is 0 Å². The number of hydrogen-bond acceptors (Lipinski definition) is 3. The number of carbonyl (C=O) groups is 1. The number of nitrogens with zero attached hydrogens (tertiary/aromatic N) is 1. The van der Waals surface area contributed by atoms with Gasteiger partial charge in [-0.3, -0.25) is 4.79 Å². The van der Waals surface area contributed by atoms with Crippen LogP contribution in [0.2, 0.25) is 0 Å². The number of rotatable bonds is 9. The highest BCUT2D eigenvalue weighted by Gasteiger charge is 2.30. The molecule has 0 radical (unpaired) electrons. The molecular formula is C16H32N2O2. The molecule has 1 saturated carbocycles. The topological polar surface area (TPSA) is 52.6 Å². The number of hydrogen-bond donors (Lipinski definition) is 2. The SMILES string of the molecule is CNC(C)(CCCCN(C)CC1CCCCC1)C(=O)O. The van der Waals surface area contributed by atoms with Crippen LogP contribution in [0.15, 0.2) is 0 Å². The van der Waals surface area contributed by atoms with Crippen LogP contribution in [0.3, 0.4) is 0 Å². The van der Waals surface area contributed by atoms with Crippen molar-refractivity contribution in [2.45, 2.75) is 63.8 Å². The molecule has 1 aliphatic carbocycles. The minimum atomic E-state index is -0.776. The predicted octanol–water partition coefficient (Wildman–Crippen LogP) is 2.73. The maximum absolute atomic E-state index is 11.2. The Hall–Kier alpha value is -0.610. The van der Waals surface area contributed by atoms with E-state index in [1.165, 1.54) is 38.6 Å². The molecule has 0 saturated heterocycles. The van der Waals surface area contributed by atoms with Crippen LogP contribution in [0, 0.1) is 5.92 Å². The molecule has 4 nitrogen and oxygen atoms in total. The zero-order chi connectivity index (χ0) is 15.0. The van der Waals surface area contributed by atoms with E-state index in [1.54, 1.807) is 14.0 Å². The summed E-state index contributed by atoms with van der Waals surface area (Å²) < 4.78 is 0. The first-order valence-electron chi connectivity index (χ1n) is 8.09. The average molecular weight is 284 g/mol. The fraction of sp³-hybridized carbons (Fsp3) is 0.938. The Morgan fingerprint density at radius 2 is 1.95 bits per heavy atom. The number of likely N-dealkylation sites (N-methyl/N-ethyl adjacent to an activating group) is 1. The van der Waals surface area contributed by atoms with Crippen LogP contribution >= 0.6 is 0 Å². The largest absolute Gasteiger partial charge is 0.480 e. The Balaban J connectivity index is 2.15. The summed E-state index contributed by atoms with van der Waals surface area (Å²) in [5.41, 5.74) is -0.776. The average Bonchev–Trinajstić information content (AvgIpc) is 2.44. The lowest BCUT2D eigenvalue weighted by Crippen LogP contribution is -2.47. The van der Waals surface area contributed by atoms with Gasteiger partial charge in [0.15, 0.2) is 0 Å². The highest BCUT2D eigenvalue weighted by molar-refractivity contribution is 5.78. The zero-order valence-electron chi connectivity index (χ0n) is 13.5. The van der Waals surface area contributed by atoms with Crippen molar-refractivity contribution >= 4 is 5.97 Å². The van der Waals surface area contributed by atoms with Gasteiger partial charge in [-0.05, 0) is 65.6 Å². The van der Waals surface area contributed by atoms with E-state index in [0.29, 0.717) is 6.42 Å². The summed E-state index contributed by atoms with van der Waals surface area (Å²) >= 11 is 0. The lowest BCUT2D eigenvalue weighted by atomic mass is 9.89. The molecule has 4 heteroatoms. The molecule has 1 rings (SSSR count). The van der Waals surface area contributed by atoms with Crippen LogP contribution in [-0.4, -0.2) is 48.7 Å². The van der Waals surface area contributed by atoms with E-state index in [1.807, 2.05) is 0 Å². The third-order valence-corrected chi connectivity index (χ3v) is 4.79. The van der Waals surface area contributed by atoms with E-state index in [0.717, 1.165) is 25.3 Å². The van der Waals surface area contributed by atoms with Gasteiger partial charge >= 0.3 is 5.97 Å². The molecule has 1 unspecified atom stereocenters. The van der Waals surface area contributed by atoms with Crippen LogP contribution < -0.4 is 5.32 Å². The molecule has 20 heavy (non-hydrogen) atoms. The van der Waals surface area contributed by atoms with E-state index in [2.05, 4.69) is 17.3 Å². The standard InChI is InChI=1S/C16H32N2O2/c1-16(17-2,15(19)20)11-7-8-12-18(3)13-14-9-5-4-6-10-14/h14,17H,4-13H2,1-3H3,(H,19,20). The Morgan fingerprint density at radius 3 is 2.50 bits per heavy atom. The highest BCUT2D eigenvalue weighted by Crippen LogP contribution is 2.24. The second-order valence-electron chi connectivity index (χ2n) is 6.61. The van der Waals surface area contributed by atoms with Crippen molar-refractivity contribution < 1.29 is 9.90 Å². The summed E-state index contributed by atoms with van der Waals surface area (Å²) in [5, 5.41) is 12.1. The molecule has 1 aliphatic rings. The van der Waals surface area contributed by atoms with Gasteiger partial charge in [0, 0.05) is 6.54 Å². The molecular weight excluding hydrogens is 252 g/mol. The normalized spacial score (nSPS) is 20.0. The van der Waals surface area contributed by atoms with E-state index < -0.39 is 11.5 Å². The van der Waals surface area contributed by atoms with Crippen molar-refractivity contribution in [2.24, 2.45) is 5.92 Å². The van der Waals surface area contributed by atoms with Gasteiger partial charge in [0.25, 0.3) is 0 Å². The maximum atomic E-state index is 11.2. The number of carboxylic acids is 1. The van der Waals surface area contributed by atoms with Gasteiger partial charge in [-0.1, -0.05) is 19.3 Å². The number of unbranched alkanes of at least 4 members (excludes halogenated alkanes) is 1. The zero-order valence-corrected chi connectivity index (χ0v) is 13.5. The van der Waals surface area contributed by atoms with Crippen molar-refractivity contribution in [1.29, 1.82) is 0 Å². The molecule has 118 valence electrons. The summed E-state index contributed by atoms with van der Waals surface area (Å²) in [7, 11) is 3.92. The third kappa shape index (κ3) is 5.80. The molecule has 0 aromatic rings. The summed E-state index contributed by atoms with van der Waals surface area (Å²) in [5.74, 6) is 0.130. The van der Waals surface area contributed by atoms with Crippen LogP contribution in [0.4, 0.5) is 0 Å². The van der Waals surface area contributed by atoms with Crippen LogP contribution in [0.25, 0.3) is 0 Å². The Bertz CT molecular complexity index is 290. The second kappa shape index (κ2) is 8.63. The Labute approximate surface area is 123 Å². The molecule has 1 atom stereocenters. The fourth-order valence-corrected chi connectivity index (χ4v) is 3.10. The van der Waals surface area contributed by atoms with Crippen molar-refractivity contribution in [3.05, 3.63) is 0 Å². The predicted molar refractivity (Wildman–Crippen MR) is 83.0 cm³/mol. The smallest absolute Gasteiger partial charge is 0.323 e. The van der Waals surface area contributed by atoms with Crippen LogP contribution in [0.1, 0.15) is 58.3 Å². The quantitative estimate of drug-likeness (QED) is 0.639. The number of aliphatic carboxylic acids is 1. The van der Waals surface area contributed by atoms with Crippen molar-refractivity contribution in [1.82, 2.24) is 10.2 Å². The lowest BCUT2D eigenvalue weighted by molar-refractivity contribution is -0.144. The molecule has 0 aromatic carbocycles. The molecule has 0 aromatic heterocycles. The molecule has 1 fully saturated rings. The third-order valence-electron chi connectivity index (χ3n) is 4.79. The Morgan fingerprint density at radius 1 is 1.30 bits per heavy atom. The monoisotopic (exact) mass is 284 g/mol. The molecule has 0 spiro atoms. The first kappa shape index (κ1) is 17.4. The highest BCUT2D eigenvalue weighted by atomic mass is 16.4.